The fraction of sp³-hybridized carbons (Fsp3) is 0.0909. The van der Waals surface area contributed by atoms with Crippen molar-refractivity contribution in [3.8, 4) is 17.0 Å². The first-order valence-corrected chi connectivity index (χ1v) is 5.33. The van der Waals surface area contributed by atoms with Crippen LogP contribution in [-0.2, 0) is 0 Å². The van der Waals surface area contributed by atoms with Gasteiger partial charge < -0.3 is 9.84 Å². The number of carboxylic acids is 1. The van der Waals surface area contributed by atoms with Crippen molar-refractivity contribution in [1.29, 1.82) is 0 Å². The fourth-order valence-electron chi connectivity index (χ4n) is 1.36. The number of hydrogen-bond acceptors (Lipinski definition) is 4. The van der Waals surface area contributed by atoms with Gasteiger partial charge in [-0.2, -0.15) is 4.37 Å². The lowest BCUT2D eigenvalue weighted by Gasteiger charge is -2.04. The van der Waals surface area contributed by atoms with Gasteiger partial charge in [0.1, 0.15) is 10.6 Å². The molecule has 0 amide bonds. The SMILES string of the molecule is COc1ccccc1-c1cc(C(=O)O)sn1. The van der Waals surface area contributed by atoms with E-state index in [0.717, 1.165) is 17.1 Å². The molecular weight excluding hydrogens is 226 g/mol. The number of ether oxygens (including phenoxy) is 1. The molecule has 0 fully saturated rings. The van der Waals surface area contributed by atoms with E-state index in [-0.39, 0.29) is 4.88 Å². The number of aromatic nitrogens is 1. The maximum Gasteiger partial charge on any atom is 0.347 e. The van der Waals surface area contributed by atoms with Crippen molar-refractivity contribution in [3.63, 3.8) is 0 Å². The second kappa shape index (κ2) is 4.32. The second-order valence-electron chi connectivity index (χ2n) is 3.08. The van der Waals surface area contributed by atoms with Crippen LogP contribution >= 0.6 is 11.5 Å². The van der Waals surface area contributed by atoms with Crippen LogP contribution in [0, 0.1) is 0 Å². The Balaban J connectivity index is 2.46. The summed E-state index contributed by atoms with van der Waals surface area (Å²) in [5.41, 5.74) is 1.42. The summed E-state index contributed by atoms with van der Waals surface area (Å²) in [6, 6.07) is 8.92. The summed E-state index contributed by atoms with van der Waals surface area (Å²) in [7, 11) is 1.57. The monoisotopic (exact) mass is 235 g/mol. The van der Waals surface area contributed by atoms with Gasteiger partial charge >= 0.3 is 5.97 Å². The molecule has 0 aliphatic rings. The number of carbonyl (C=O) groups is 1. The van der Waals surface area contributed by atoms with Gasteiger partial charge in [0.15, 0.2) is 0 Å². The highest BCUT2D eigenvalue weighted by atomic mass is 32.1. The Hall–Kier alpha value is -1.88. The minimum absolute atomic E-state index is 0.223. The van der Waals surface area contributed by atoms with Crippen molar-refractivity contribution in [2.24, 2.45) is 0 Å². The third-order valence-electron chi connectivity index (χ3n) is 2.10. The lowest BCUT2D eigenvalue weighted by atomic mass is 10.1. The molecule has 1 aromatic heterocycles. The van der Waals surface area contributed by atoms with Gasteiger partial charge in [0.05, 0.1) is 12.8 Å². The van der Waals surface area contributed by atoms with Crippen LogP contribution in [0.5, 0.6) is 5.75 Å². The highest BCUT2D eigenvalue weighted by Crippen LogP contribution is 2.30. The highest BCUT2D eigenvalue weighted by molar-refractivity contribution is 7.08. The normalized spacial score (nSPS) is 10.1. The Labute approximate surface area is 96.3 Å². The van der Waals surface area contributed by atoms with E-state index in [4.69, 9.17) is 9.84 Å². The number of rotatable bonds is 3. The van der Waals surface area contributed by atoms with Crippen LogP contribution < -0.4 is 4.74 Å². The van der Waals surface area contributed by atoms with E-state index in [1.807, 2.05) is 24.3 Å². The van der Waals surface area contributed by atoms with E-state index in [2.05, 4.69) is 4.37 Å². The molecule has 82 valence electrons. The van der Waals surface area contributed by atoms with Crippen LogP contribution in [0.3, 0.4) is 0 Å². The van der Waals surface area contributed by atoms with E-state index in [0.29, 0.717) is 11.4 Å². The molecule has 4 nitrogen and oxygen atoms in total. The van der Waals surface area contributed by atoms with Gasteiger partial charge in [0.2, 0.25) is 0 Å². The minimum atomic E-state index is -0.960. The van der Waals surface area contributed by atoms with Crippen molar-refractivity contribution >= 4 is 17.5 Å². The highest BCUT2D eigenvalue weighted by Gasteiger charge is 2.12. The molecule has 5 heteroatoms. The third kappa shape index (κ3) is 1.90. The number of para-hydroxylation sites is 1. The summed E-state index contributed by atoms with van der Waals surface area (Å²) in [5, 5.41) is 8.81. The summed E-state index contributed by atoms with van der Waals surface area (Å²) >= 11 is 0.967. The molecule has 0 atom stereocenters. The lowest BCUT2D eigenvalue weighted by Crippen LogP contribution is -1.90. The third-order valence-corrected chi connectivity index (χ3v) is 2.88. The number of nitrogens with zero attached hydrogens (tertiary/aromatic N) is 1. The Morgan fingerprint density at radius 2 is 2.19 bits per heavy atom. The topological polar surface area (TPSA) is 59.4 Å². The fourth-order valence-corrected chi connectivity index (χ4v) is 1.95. The van der Waals surface area contributed by atoms with Gasteiger partial charge in [-0.05, 0) is 29.7 Å². The van der Waals surface area contributed by atoms with Crippen LogP contribution in [-0.4, -0.2) is 22.6 Å². The zero-order chi connectivity index (χ0) is 11.5. The standard InChI is InChI=1S/C11H9NO3S/c1-15-9-5-3-2-4-7(9)8-6-10(11(13)14)16-12-8/h2-6H,1H3,(H,13,14). The smallest absolute Gasteiger partial charge is 0.347 e. The van der Waals surface area contributed by atoms with Crippen molar-refractivity contribution < 1.29 is 14.6 Å². The molecule has 16 heavy (non-hydrogen) atoms. The molecule has 0 saturated heterocycles. The number of hydrogen-bond donors (Lipinski definition) is 1. The van der Waals surface area contributed by atoms with E-state index in [1.54, 1.807) is 13.2 Å². The first kappa shape index (κ1) is 10.6. The molecular formula is C11H9NO3S. The molecule has 0 spiro atoms. The molecule has 0 radical (unpaired) electrons. The molecule has 2 aromatic rings. The van der Waals surface area contributed by atoms with E-state index < -0.39 is 5.97 Å². The minimum Gasteiger partial charge on any atom is -0.496 e. The molecule has 1 aromatic carbocycles. The van der Waals surface area contributed by atoms with Crippen LogP contribution in [0.2, 0.25) is 0 Å². The van der Waals surface area contributed by atoms with Gasteiger partial charge in [-0.1, -0.05) is 12.1 Å². The Kier molecular flexibility index (Phi) is 2.87. The van der Waals surface area contributed by atoms with Crippen molar-refractivity contribution in [2.45, 2.75) is 0 Å². The zero-order valence-electron chi connectivity index (χ0n) is 8.51. The molecule has 2 rings (SSSR count). The summed E-state index contributed by atoms with van der Waals surface area (Å²) in [6.07, 6.45) is 0. The van der Waals surface area contributed by atoms with Crippen LogP contribution in [0.4, 0.5) is 0 Å². The van der Waals surface area contributed by atoms with E-state index >= 15 is 0 Å². The van der Waals surface area contributed by atoms with E-state index in [9.17, 15) is 4.79 Å². The quantitative estimate of drug-likeness (QED) is 0.888. The molecule has 0 aliphatic heterocycles. The predicted octanol–water partition coefficient (Wildman–Crippen LogP) is 2.52. The maximum absolute atomic E-state index is 10.7. The Morgan fingerprint density at radius 1 is 1.44 bits per heavy atom. The van der Waals surface area contributed by atoms with Crippen LogP contribution in [0.1, 0.15) is 9.67 Å². The zero-order valence-corrected chi connectivity index (χ0v) is 9.32. The lowest BCUT2D eigenvalue weighted by molar-refractivity contribution is 0.0702. The molecule has 0 aliphatic carbocycles. The average Bonchev–Trinajstić information content (AvgIpc) is 2.78. The van der Waals surface area contributed by atoms with Crippen LogP contribution in [0.15, 0.2) is 30.3 Å². The van der Waals surface area contributed by atoms with E-state index in [1.165, 1.54) is 0 Å². The van der Waals surface area contributed by atoms with Gasteiger partial charge in [-0.25, -0.2) is 4.79 Å². The van der Waals surface area contributed by atoms with Crippen molar-refractivity contribution in [2.75, 3.05) is 7.11 Å². The second-order valence-corrected chi connectivity index (χ2v) is 3.89. The van der Waals surface area contributed by atoms with Crippen molar-refractivity contribution in [3.05, 3.63) is 35.2 Å². The molecule has 0 bridgehead atoms. The number of methoxy groups -OCH3 is 1. The summed E-state index contributed by atoms with van der Waals surface area (Å²) < 4.78 is 9.28. The summed E-state index contributed by atoms with van der Waals surface area (Å²) in [4.78, 5) is 11.0. The molecule has 0 saturated carbocycles. The first-order chi connectivity index (χ1) is 7.72. The first-order valence-electron chi connectivity index (χ1n) is 4.56. The number of aromatic carboxylic acids is 1. The summed E-state index contributed by atoms with van der Waals surface area (Å²) in [5.74, 6) is -0.275. The number of benzene rings is 1. The van der Waals surface area contributed by atoms with Gasteiger partial charge in [0, 0.05) is 5.56 Å². The Morgan fingerprint density at radius 3 is 2.81 bits per heavy atom. The van der Waals surface area contributed by atoms with Gasteiger partial charge in [-0.3, -0.25) is 0 Å². The average molecular weight is 235 g/mol. The summed E-state index contributed by atoms with van der Waals surface area (Å²) in [6.45, 7) is 0. The maximum atomic E-state index is 10.7. The number of carboxylic acid groups (broad SMARTS) is 1. The van der Waals surface area contributed by atoms with Gasteiger partial charge in [-0.15, -0.1) is 0 Å². The molecule has 1 N–H and O–H groups in total. The molecule has 0 unspecified atom stereocenters. The molecule has 1 heterocycles. The predicted molar refractivity (Wildman–Crippen MR) is 61.1 cm³/mol. The van der Waals surface area contributed by atoms with Crippen molar-refractivity contribution in [1.82, 2.24) is 4.37 Å². The van der Waals surface area contributed by atoms with Gasteiger partial charge in [0.25, 0.3) is 0 Å². The Bertz CT molecular complexity index is 521. The van der Waals surface area contributed by atoms with Crippen LogP contribution in [0.25, 0.3) is 11.3 Å². The largest absolute Gasteiger partial charge is 0.496 e.